The van der Waals surface area contributed by atoms with Gasteiger partial charge < -0.3 is 58.7 Å². The van der Waals surface area contributed by atoms with E-state index in [-0.39, 0.29) is 18.5 Å². The largest absolute Gasteiger partial charge is 0.508 e. The van der Waals surface area contributed by atoms with E-state index in [1.807, 2.05) is 5.16 Å². The molecule has 3 rings (SSSR count). The summed E-state index contributed by atoms with van der Waals surface area (Å²) in [7, 11) is 1.27. The number of aliphatic hydroxyl groups excluding tert-OH is 2. The van der Waals surface area contributed by atoms with Gasteiger partial charge in [-0.1, -0.05) is 26.8 Å². The summed E-state index contributed by atoms with van der Waals surface area (Å²) < 4.78 is 40.3. The van der Waals surface area contributed by atoms with Crippen LogP contribution in [0.3, 0.4) is 0 Å². The lowest BCUT2D eigenvalue weighted by molar-refractivity contribution is -0.345. The minimum absolute atomic E-state index is 0.123. The topological polar surface area (TPSA) is 287 Å². The number of esters is 3. The molecule has 0 bridgehead atoms. The number of Topliss-reactive ketones (excluding diaryl/α,β-unsaturated/α-hetero) is 1. The molecular formula is C35H48N2O17S. The molecule has 2 saturated heterocycles. The fraction of sp³-hybridized carbons (Fsp3) is 0.686. The van der Waals surface area contributed by atoms with Crippen LogP contribution in [0.2, 0.25) is 0 Å². The van der Waals surface area contributed by atoms with E-state index in [4.69, 9.17) is 38.6 Å². The summed E-state index contributed by atoms with van der Waals surface area (Å²) in [5.74, 6) is -7.56. The average Bonchev–Trinajstić information content (AvgIpc) is 3.14. The van der Waals surface area contributed by atoms with Crippen LogP contribution >= 0.6 is 12.2 Å². The number of ketones is 1. The summed E-state index contributed by atoms with van der Waals surface area (Å²) in [5.41, 5.74) is -7.73. The molecule has 2 aliphatic heterocycles. The van der Waals surface area contributed by atoms with Crippen molar-refractivity contribution in [2.24, 2.45) is 10.9 Å². The van der Waals surface area contributed by atoms with Crippen molar-refractivity contribution in [3.05, 3.63) is 23.1 Å². The van der Waals surface area contributed by atoms with Gasteiger partial charge in [-0.3, -0.25) is 19.8 Å². The van der Waals surface area contributed by atoms with E-state index < -0.39 is 132 Å². The number of aliphatic imine (C=N–C) groups is 1. The molecule has 0 spiro atoms. The monoisotopic (exact) mass is 800 g/mol. The molecular weight excluding hydrogens is 752 g/mol. The van der Waals surface area contributed by atoms with Gasteiger partial charge in [-0.25, -0.2) is 9.59 Å². The van der Waals surface area contributed by atoms with E-state index in [9.17, 15) is 49.5 Å². The third kappa shape index (κ3) is 9.36. The summed E-state index contributed by atoms with van der Waals surface area (Å²) in [5, 5.41) is 66.4. The molecule has 55 heavy (non-hydrogen) atoms. The molecule has 1 aliphatic carbocycles. The van der Waals surface area contributed by atoms with E-state index >= 15 is 0 Å². The summed E-state index contributed by atoms with van der Waals surface area (Å²) in [6.07, 6.45) is -14.6. The Morgan fingerprint density at radius 3 is 2.36 bits per heavy atom. The fourth-order valence-electron chi connectivity index (χ4n) is 6.54. The van der Waals surface area contributed by atoms with Crippen molar-refractivity contribution < 1.29 is 82.7 Å². The molecule has 0 saturated carbocycles. The van der Waals surface area contributed by atoms with E-state index in [1.54, 1.807) is 13.8 Å². The van der Waals surface area contributed by atoms with Gasteiger partial charge in [-0.2, -0.15) is 4.99 Å². The number of nitrogens with one attached hydrogen (secondary N) is 1. The smallest absolute Gasteiger partial charge is 0.357 e. The number of hydrogen-bond donors (Lipinski definition) is 6. The number of thiocarbonyl (C=S) groups is 1. The number of carboxylic acids is 1. The van der Waals surface area contributed by atoms with Crippen molar-refractivity contribution in [2.45, 2.75) is 134 Å². The molecule has 0 amide bonds. The first kappa shape index (κ1) is 45.4. The van der Waals surface area contributed by atoms with Gasteiger partial charge in [0, 0.05) is 20.0 Å². The number of aliphatic carboxylic acids is 1. The zero-order valence-electron chi connectivity index (χ0n) is 31.4. The normalized spacial score (nSPS) is 33.9. The molecule has 0 aromatic heterocycles. The highest BCUT2D eigenvalue weighted by Crippen LogP contribution is 2.42. The van der Waals surface area contributed by atoms with E-state index in [0.29, 0.717) is 6.42 Å². The maximum Gasteiger partial charge on any atom is 0.357 e. The Bertz CT molecular complexity index is 1630. The molecule has 3 aliphatic rings. The fourth-order valence-corrected chi connectivity index (χ4v) is 6.64. The Labute approximate surface area is 321 Å². The molecule has 0 aromatic rings. The standard InChI is InChI=1S/C35H48N2O17S/c1-8-15(4)32(44)51-17(6)35(47)16(5)50-23(11-21(35)48-7)53-28-26(40)30(34(46)12-19(38)25(36)24(29(34)41)31(42)43)52-20(13-49-22(39)10-3)27(28)54-33(45)18(9-2)37-14-55/h9,15-17,20-21,23,26-28,30,36,40-41,46-47H,8,10-13H2,1-7H3,(H,42,43)/b18-9+,36-25?/t15?,16?,17?,20?,21?,23?,26?,27?,28?,30?,34-,35?/m1/s1. The Morgan fingerprint density at radius 1 is 1.16 bits per heavy atom. The molecule has 306 valence electrons. The van der Waals surface area contributed by atoms with Crippen LogP contribution in [0.5, 0.6) is 0 Å². The van der Waals surface area contributed by atoms with Gasteiger partial charge in [-0.15, -0.1) is 0 Å². The van der Waals surface area contributed by atoms with Crippen LogP contribution in [-0.2, 0) is 57.1 Å². The van der Waals surface area contributed by atoms with Crippen LogP contribution in [-0.4, -0.2) is 146 Å². The summed E-state index contributed by atoms with van der Waals surface area (Å²) in [6.45, 7) is 8.50. The summed E-state index contributed by atoms with van der Waals surface area (Å²) in [4.78, 5) is 66.8. The van der Waals surface area contributed by atoms with Crippen LogP contribution in [0.4, 0.5) is 0 Å². The lowest BCUT2D eigenvalue weighted by atomic mass is 9.74. The van der Waals surface area contributed by atoms with Gasteiger partial charge in [0.2, 0.25) is 0 Å². The Morgan fingerprint density at radius 2 is 1.82 bits per heavy atom. The van der Waals surface area contributed by atoms with Crippen molar-refractivity contribution in [3.63, 3.8) is 0 Å². The molecule has 6 N–H and O–H groups in total. The Balaban J connectivity index is 2.15. The first-order chi connectivity index (χ1) is 25.8. The molecule has 2 heterocycles. The zero-order chi connectivity index (χ0) is 41.6. The number of isothiocyanates is 1. The third-order valence-corrected chi connectivity index (χ3v) is 10.1. The highest BCUT2D eigenvalue weighted by Gasteiger charge is 2.62. The van der Waals surface area contributed by atoms with Gasteiger partial charge >= 0.3 is 23.9 Å². The second-order valence-corrected chi connectivity index (χ2v) is 13.5. The molecule has 0 radical (unpaired) electrons. The van der Waals surface area contributed by atoms with Crippen LogP contribution in [0.1, 0.15) is 67.2 Å². The number of methoxy groups -OCH3 is 1. The van der Waals surface area contributed by atoms with Crippen molar-refractivity contribution in [2.75, 3.05) is 13.7 Å². The number of nitrogens with zero attached hydrogens (tertiary/aromatic N) is 1. The highest BCUT2D eigenvalue weighted by molar-refractivity contribution is 7.78. The predicted molar refractivity (Wildman–Crippen MR) is 189 cm³/mol. The molecule has 2 fully saturated rings. The Hall–Kier alpha value is -3.98. The molecule has 20 heteroatoms. The number of rotatable bonds is 15. The number of ether oxygens (including phenoxy) is 7. The molecule has 12 atom stereocenters. The van der Waals surface area contributed by atoms with Crippen molar-refractivity contribution >= 4 is 52.8 Å². The Kier molecular flexibility index (Phi) is 15.5. The predicted octanol–water partition coefficient (Wildman–Crippen LogP) is 0.851. The minimum Gasteiger partial charge on any atom is -0.508 e. The van der Waals surface area contributed by atoms with E-state index in [2.05, 4.69) is 17.2 Å². The SMILES string of the molecule is C/C=C(/N=C=S)C(=O)OC1C(COC(=O)CC)OC([C@@]2(O)CC(=O)C(=N)C(C(=O)O)=C2O)C(O)C1OC1CC(OC)C(O)(C(C)OC(=O)C(C)CC)C(C)O1. The number of carboxylic acid groups (broad SMARTS) is 1. The van der Waals surface area contributed by atoms with Crippen LogP contribution < -0.4 is 0 Å². The minimum atomic E-state index is -3.03. The molecule has 0 aromatic carbocycles. The van der Waals surface area contributed by atoms with Crippen molar-refractivity contribution in [1.29, 1.82) is 5.41 Å². The molecule has 19 nitrogen and oxygen atoms in total. The van der Waals surface area contributed by atoms with E-state index in [1.165, 1.54) is 40.9 Å². The first-order valence-corrected chi connectivity index (χ1v) is 17.9. The van der Waals surface area contributed by atoms with Crippen molar-refractivity contribution in [1.82, 2.24) is 0 Å². The number of allylic oxidation sites excluding steroid dienone is 1. The van der Waals surface area contributed by atoms with Gasteiger partial charge in [0.1, 0.15) is 54.2 Å². The second-order valence-electron chi connectivity index (χ2n) is 13.3. The zero-order valence-corrected chi connectivity index (χ0v) is 32.2. The van der Waals surface area contributed by atoms with Crippen LogP contribution in [0, 0.1) is 11.3 Å². The summed E-state index contributed by atoms with van der Waals surface area (Å²) >= 11 is 4.62. The van der Waals surface area contributed by atoms with Gasteiger partial charge in [0.05, 0.1) is 29.7 Å². The number of hydrogen-bond acceptors (Lipinski definition) is 19. The number of aliphatic hydroxyl groups is 4. The number of carbonyl (C=O) groups is 5. The van der Waals surface area contributed by atoms with Gasteiger partial charge in [0.25, 0.3) is 0 Å². The third-order valence-electron chi connectivity index (χ3n) is 10.0. The maximum atomic E-state index is 13.4. The summed E-state index contributed by atoms with van der Waals surface area (Å²) in [6, 6.07) is 0. The quantitative estimate of drug-likeness (QED) is 0.0440. The average molecular weight is 801 g/mol. The molecule has 11 unspecified atom stereocenters. The lowest BCUT2D eigenvalue weighted by Gasteiger charge is -2.52. The van der Waals surface area contributed by atoms with Crippen molar-refractivity contribution in [3.8, 4) is 0 Å². The lowest BCUT2D eigenvalue weighted by Crippen LogP contribution is -2.70. The number of carbonyl (C=O) groups excluding carboxylic acids is 4. The maximum absolute atomic E-state index is 13.4. The van der Waals surface area contributed by atoms with Gasteiger partial charge in [0.15, 0.2) is 35.1 Å². The second kappa shape index (κ2) is 18.8. The van der Waals surface area contributed by atoms with Crippen LogP contribution in [0.15, 0.2) is 28.1 Å². The highest BCUT2D eigenvalue weighted by atomic mass is 32.1. The van der Waals surface area contributed by atoms with Gasteiger partial charge in [-0.05, 0) is 39.4 Å². The van der Waals surface area contributed by atoms with E-state index in [0.717, 1.165) is 0 Å². The van der Waals surface area contributed by atoms with Crippen LogP contribution in [0.25, 0.3) is 0 Å². The first-order valence-electron chi connectivity index (χ1n) is 17.5.